The Bertz CT molecular complexity index is 344. The van der Waals surface area contributed by atoms with E-state index in [2.05, 4.69) is 11.3 Å². The topological polar surface area (TPSA) is 47.3 Å². The number of hydrogen-bond donors (Lipinski definition) is 2. The van der Waals surface area contributed by atoms with Crippen molar-refractivity contribution in [3.05, 3.63) is 29.8 Å². The number of rotatable bonds is 5. The number of ether oxygens (including phenoxy) is 1. The van der Waals surface area contributed by atoms with E-state index in [1.54, 1.807) is 7.11 Å². The quantitative estimate of drug-likeness (QED) is 0.435. The third-order valence-corrected chi connectivity index (χ3v) is 2.27. The van der Waals surface area contributed by atoms with Crippen LogP contribution in [-0.2, 0) is 0 Å². The van der Waals surface area contributed by atoms with Gasteiger partial charge in [0, 0.05) is 12.5 Å². The maximum Gasteiger partial charge on any atom is 0.119 e. The van der Waals surface area contributed by atoms with Gasteiger partial charge in [-0.1, -0.05) is 12.1 Å². The molecule has 1 aromatic rings. The van der Waals surface area contributed by atoms with Crippen LogP contribution in [0.15, 0.2) is 24.3 Å². The summed E-state index contributed by atoms with van der Waals surface area (Å²) in [7, 11) is 1.64. The fourth-order valence-corrected chi connectivity index (χ4v) is 1.43. The number of methoxy groups -OCH3 is 1. The molecule has 1 atom stereocenters. The molecule has 0 aliphatic heterocycles. The van der Waals surface area contributed by atoms with Gasteiger partial charge >= 0.3 is 0 Å². The third-order valence-electron chi connectivity index (χ3n) is 2.27. The van der Waals surface area contributed by atoms with E-state index in [4.69, 9.17) is 17.0 Å². The Hall–Kier alpha value is -1.50. The zero-order valence-corrected chi connectivity index (χ0v) is 8.86. The first-order valence-electron chi connectivity index (χ1n) is 4.85. The Morgan fingerprint density at radius 2 is 2.40 bits per heavy atom. The molecule has 3 N–H and O–H groups in total. The van der Waals surface area contributed by atoms with Crippen molar-refractivity contribution in [3.8, 4) is 18.1 Å². The lowest BCUT2D eigenvalue weighted by Crippen LogP contribution is -2.27. The van der Waals surface area contributed by atoms with Gasteiger partial charge in [-0.15, -0.1) is 12.3 Å². The Balaban J connectivity index is 2.77. The molecule has 0 heterocycles. The van der Waals surface area contributed by atoms with Crippen molar-refractivity contribution in [3.63, 3.8) is 0 Å². The number of benzene rings is 1. The second-order valence-corrected chi connectivity index (χ2v) is 3.24. The highest BCUT2D eigenvalue weighted by molar-refractivity contribution is 5.30. The van der Waals surface area contributed by atoms with Crippen molar-refractivity contribution < 1.29 is 4.74 Å². The number of nitrogens with two attached hydrogens (primary N) is 1. The van der Waals surface area contributed by atoms with Crippen LogP contribution in [-0.4, -0.2) is 7.11 Å². The summed E-state index contributed by atoms with van der Waals surface area (Å²) in [6, 6.07) is 7.88. The van der Waals surface area contributed by atoms with E-state index in [9.17, 15) is 0 Å². The van der Waals surface area contributed by atoms with E-state index >= 15 is 0 Å². The first kappa shape index (κ1) is 11.6. The molecule has 0 amide bonds. The molecule has 3 heteroatoms. The van der Waals surface area contributed by atoms with E-state index in [1.807, 2.05) is 24.3 Å². The maximum absolute atomic E-state index is 5.48. The molecule has 3 nitrogen and oxygen atoms in total. The van der Waals surface area contributed by atoms with Gasteiger partial charge in [-0.05, 0) is 24.1 Å². The molecule has 0 spiro atoms. The van der Waals surface area contributed by atoms with Crippen molar-refractivity contribution in [2.75, 3.05) is 7.11 Å². The highest BCUT2D eigenvalue weighted by Crippen LogP contribution is 2.21. The fraction of sp³-hybridized carbons (Fsp3) is 0.333. The molecular formula is C12H16N2O. The van der Waals surface area contributed by atoms with Crippen LogP contribution in [0.4, 0.5) is 0 Å². The van der Waals surface area contributed by atoms with Gasteiger partial charge in [-0.25, -0.2) is 0 Å². The van der Waals surface area contributed by atoms with E-state index in [0.29, 0.717) is 6.42 Å². The molecule has 0 aliphatic rings. The van der Waals surface area contributed by atoms with Gasteiger partial charge < -0.3 is 4.74 Å². The Morgan fingerprint density at radius 1 is 1.60 bits per heavy atom. The number of hydrazine groups is 1. The summed E-state index contributed by atoms with van der Waals surface area (Å²) < 4.78 is 5.15. The van der Waals surface area contributed by atoms with E-state index < -0.39 is 0 Å². The van der Waals surface area contributed by atoms with E-state index in [1.165, 1.54) is 0 Å². The molecule has 0 aromatic heterocycles. The van der Waals surface area contributed by atoms with Crippen LogP contribution in [0.3, 0.4) is 0 Å². The Morgan fingerprint density at radius 3 is 3.00 bits per heavy atom. The van der Waals surface area contributed by atoms with Gasteiger partial charge in [0.2, 0.25) is 0 Å². The number of terminal acetylenes is 1. The second kappa shape index (κ2) is 6.07. The first-order chi connectivity index (χ1) is 7.31. The largest absolute Gasteiger partial charge is 0.497 e. The van der Waals surface area contributed by atoms with Crippen molar-refractivity contribution >= 4 is 0 Å². The summed E-state index contributed by atoms with van der Waals surface area (Å²) in [4.78, 5) is 0. The normalized spacial score (nSPS) is 11.8. The zero-order valence-electron chi connectivity index (χ0n) is 8.86. The summed E-state index contributed by atoms with van der Waals surface area (Å²) >= 11 is 0. The van der Waals surface area contributed by atoms with Gasteiger partial charge in [-0.3, -0.25) is 11.3 Å². The lowest BCUT2D eigenvalue weighted by molar-refractivity contribution is 0.412. The zero-order chi connectivity index (χ0) is 11.1. The molecule has 0 bridgehead atoms. The van der Waals surface area contributed by atoms with Crippen LogP contribution < -0.4 is 16.0 Å². The smallest absolute Gasteiger partial charge is 0.119 e. The monoisotopic (exact) mass is 204 g/mol. The molecule has 80 valence electrons. The lowest BCUT2D eigenvalue weighted by atomic mass is 10.0. The van der Waals surface area contributed by atoms with Crippen molar-refractivity contribution in [1.82, 2.24) is 5.43 Å². The summed E-state index contributed by atoms with van der Waals surface area (Å²) in [5, 5.41) is 0. The van der Waals surface area contributed by atoms with Crippen LogP contribution >= 0.6 is 0 Å². The van der Waals surface area contributed by atoms with Crippen molar-refractivity contribution in [2.24, 2.45) is 5.84 Å². The van der Waals surface area contributed by atoms with Gasteiger partial charge in [0.05, 0.1) is 7.11 Å². The molecule has 0 aliphatic carbocycles. The first-order valence-corrected chi connectivity index (χ1v) is 4.85. The molecule has 0 fully saturated rings. The number of hydrogen-bond acceptors (Lipinski definition) is 3. The summed E-state index contributed by atoms with van der Waals surface area (Å²) in [5.41, 5.74) is 3.84. The van der Waals surface area contributed by atoms with Crippen molar-refractivity contribution in [1.29, 1.82) is 0 Å². The summed E-state index contributed by atoms with van der Waals surface area (Å²) in [5.74, 6) is 8.91. The second-order valence-electron chi connectivity index (χ2n) is 3.24. The van der Waals surface area contributed by atoms with Gasteiger partial charge in [0.25, 0.3) is 0 Å². The van der Waals surface area contributed by atoms with E-state index in [-0.39, 0.29) is 6.04 Å². The van der Waals surface area contributed by atoms with Crippen LogP contribution in [0, 0.1) is 12.3 Å². The molecule has 0 radical (unpaired) electrons. The Labute approximate surface area is 90.6 Å². The fourth-order valence-electron chi connectivity index (χ4n) is 1.43. The maximum atomic E-state index is 5.48. The molecular weight excluding hydrogens is 188 g/mol. The number of nitrogens with one attached hydrogen (secondary N) is 1. The average molecular weight is 204 g/mol. The molecule has 1 rings (SSSR count). The average Bonchev–Trinajstić information content (AvgIpc) is 2.30. The standard InChI is InChI=1S/C12H16N2O/c1-3-4-8-12(14-13)10-6-5-7-11(9-10)15-2/h1,5-7,9,12,14H,4,8,13H2,2H3. The van der Waals surface area contributed by atoms with Crippen molar-refractivity contribution in [2.45, 2.75) is 18.9 Å². The molecule has 0 saturated heterocycles. The molecule has 15 heavy (non-hydrogen) atoms. The summed E-state index contributed by atoms with van der Waals surface area (Å²) in [6.45, 7) is 0. The van der Waals surface area contributed by atoms with Gasteiger partial charge in [0.1, 0.15) is 5.75 Å². The van der Waals surface area contributed by atoms with Gasteiger partial charge in [0.15, 0.2) is 0 Å². The molecule has 1 aromatic carbocycles. The van der Waals surface area contributed by atoms with Crippen LogP contribution in [0.2, 0.25) is 0 Å². The minimum absolute atomic E-state index is 0.0798. The van der Waals surface area contributed by atoms with E-state index in [0.717, 1.165) is 17.7 Å². The molecule has 1 unspecified atom stereocenters. The van der Waals surface area contributed by atoms with Crippen LogP contribution in [0.25, 0.3) is 0 Å². The van der Waals surface area contributed by atoms with Crippen LogP contribution in [0.5, 0.6) is 5.75 Å². The summed E-state index contributed by atoms with van der Waals surface area (Å²) in [6.07, 6.45) is 6.74. The predicted molar refractivity (Wildman–Crippen MR) is 61.1 cm³/mol. The highest BCUT2D eigenvalue weighted by atomic mass is 16.5. The SMILES string of the molecule is C#CCCC(NN)c1cccc(OC)c1. The minimum atomic E-state index is 0.0798. The third kappa shape index (κ3) is 3.28. The van der Waals surface area contributed by atoms with Gasteiger partial charge in [-0.2, -0.15) is 0 Å². The highest BCUT2D eigenvalue weighted by Gasteiger charge is 2.08. The lowest BCUT2D eigenvalue weighted by Gasteiger charge is -2.15. The minimum Gasteiger partial charge on any atom is -0.497 e. The Kier molecular flexibility index (Phi) is 4.69. The predicted octanol–water partition coefficient (Wildman–Crippen LogP) is 1.61. The molecule has 0 saturated carbocycles. The van der Waals surface area contributed by atoms with Crippen LogP contribution in [0.1, 0.15) is 24.4 Å².